The van der Waals surface area contributed by atoms with E-state index >= 15 is 0 Å². The van der Waals surface area contributed by atoms with Crippen LogP contribution in [0.1, 0.15) is 24.2 Å². The third-order valence-corrected chi connectivity index (χ3v) is 5.28. The molecule has 0 heterocycles. The minimum Gasteiger partial charge on any atom is -0.497 e. The molecule has 2 aromatic carbocycles. The van der Waals surface area contributed by atoms with E-state index in [1.807, 2.05) is 13.8 Å². The maximum Gasteiger partial charge on any atom is 0.253 e. The lowest BCUT2D eigenvalue weighted by molar-refractivity contribution is -0.114. The SMILES string of the molecule is COc1ccc(NCC(=O)Nc2ccccc2C(=O)NCC(C)C)c(S(C)(=O)=O)c1. The topological polar surface area (TPSA) is 114 Å². The molecule has 162 valence electrons. The van der Waals surface area contributed by atoms with Crippen LogP contribution in [0.3, 0.4) is 0 Å². The number of para-hydroxylation sites is 1. The largest absolute Gasteiger partial charge is 0.497 e. The summed E-state index contributed by atoms with van der Waals surface area (Å²) in [5.41, 5.74) is 1.02. The normalized spacial score (nSPS) is 11.1. The van der Waals surface area contributed by atoms with Gasteiger partial charge < -0.3 is 20.7 Å². The van der Waals surface area contributed by atoms with Gasteiger partial charge in [-0.3, -0.25) is 9.59 Å². The highest BCUT2D eigenvalue weighted by atomic mass is 32.2. The Hall–Kier alpha value is -3.07. The van der Waals surface area contributed by atoms with Gasteiger partial charge >= 0.3 is 0 Å². The number of carbonyl (C=O) groups is 2. The highest BCUT2D eigenvalue weighted by molar-refractivity contribution is 7.90. The van der Waals surface area contributed by atoms with Gasteiger partial charge in [0.1, 0.15) is 5.75 Å². The van der Waals surface area contributed by atoms with Gasteiger partial charge in [-0.2, -0.15) is 0 Å². The van der Waals surface area contributed by atoms with Crippen LogP contribution in [0.25, 0.3) is 0 Å². The van der Waals surface area contributed by atoms with Crippen molar-refractivity contribution in [1.82, 2.24) is 5.32 Å². The number of hydrogen-bond acceptors (Lipinski definition) is 6. The summed E-state index contributed by atoms with van der Waals surface area (Å²) in [7, 11) is -2.09. The average molecular weight is 434 g/mol. The molecule has 2 rings (SSSR count). The summed E-state index contributed by atoms with van der Waals surface area (Å²) in [4.78, 5) is 24.9. The summed E-state index contributed by atoms with van der Waals surface area (Å²) in [5, 5.41) is 8.35. The molecule has 0 aromatic heterocycles. The highest BCUT2D eigenvalue weighted by Crippen LogP contribution is 2.26. The van der Waals surface area contributed by atoms with E-state index in [1.165, 1.54) is 19.2 Å². The van der Waals surface area contributed by atoms with Crippen molar-refractivity contribution < 1.29 is 22.7 Å². The van der Waals surface area contributed by atoms with Crippen LogP contribution in [0.5, 0.6) is 5.75 Å². The number of anilines is 2. The Labute approximate surface area is 176 Å². The van der Waals surface area contributed by atoms with Crippen LogP contribution in [0.2, 0.25) is 0 Å². The Bertz CT molecular complexity index is 1020. The van der Waals surface area contributed by atoms with Gasteiger partial charge in [-0.05, 0) is 30.2 Å². The minimum absolute atomic E-state index is 0.0307. The Morgan fingerprint density at radius 3 is 2.40 bits per heavy atom. The van der Waals surface area contributed by atoms with Gasteiger partial charge in [0.25, 0.3) is 5.91 Å². The van der Waals surface area contributed by atoms with Crippen molar-refractivity contribution >= 4 is 33.0 Å². The van der Waals surface area contributed by atoms with Crippen molar-refractivity contribution in [3.63, 3.8) is 0 Å². The van der Waals surface area contributed by atoms with Crippen LogP contribution < -0.4 is 20.7 Å². The standard InChI is InChI=1S/C21H27N3O5S/c1-14(2)12-23-21(26)16-7-5-6-8-17(16)24-20(25)13-22-18-10-9-15(29-3)11-19(18)30(4,27)28/h5-11,14,22H,12-13H2,1-4H3,(H,23,26)(H,24,25). The minimum atomic E-state index is -3.53. The first kappa shape index (κ1) is 23.2. The van der Waals surface area contributed by atoms with Crippen molar-refractivity contribution in [2.24, 2.45) is 5.92 Å². The molecule has 0 fully saturated rings. The Morgan fingerprint density at radius 1 is 1.07 bits per heavy atom. The summed E-state index contributed by atoms with van der Waals surface area (Å²) in [6, 6.07) is 11.2. The number of amides is 2. The first-order valence-electron chi connectivity index (χ1n) is 9.41. The monoisotopic (exact) mass is 433 g/mol. The second kappa shape index (κ2) is 10.1. The molecule has 0 aliphatic carbocycles. The summed E-state index contributed by atoms with van der Waals surface area (Å²) >= 11 is 0. The van der Waals surface area contributed by atoms with Crippen LogP contribution in [0.15, 0.2) is 47.4 Å². The van der Waals surface area contributed by atoms with E-state index in [4.69, 9.17) is 4.74 Å². The fraction of sp³-hybridized carbons (Fsp3) is 0.333. The zero-order valence-corrected chi connectivity index (χ0v) is 18.3. The number of nitrogens with one attached hydrogen (secondary N) is 3. The molecule has 0 unspecified atom stereocenters. The zero-order valence-electron chi connectivity index (χ0n) is 17.5. The number of rotatable bonds is 9. The van der Waals surface area contributed by atoms with E-state index < -0.39 is 15.7 Å². The van der Waals surface area contributed by atoms with Gasteiger partial charge in [-0.25, -0.2) is 8.42 Å². The average Bonchev–Trinajstić information content (AvgIpc) is 2.70. The highest BCUT2D eigenvalue weighted by Gasteiger charge is 2.17. The lowest BCUT2D eigenvalue weighted by atomic mass is 10.1. The van der Waals surface area contributed by atoms with Crippen molar-refractivity contribution in [2.75, 3.05) is 37.1 Å². The molecule has 0 aliphatic rings. The zero-order chi connectivity index (χ0) is 22.3. The molecule has 0 bridgehead atoms. The third-order valence-electron chi connectivity index (χ3n) is 4.14. The van der Waals surface area contributed by atoms with Gasteiger partial charge in [0, 0.05) is 18.9 Å². The number of ether oxygens (including phenoxy) is 1. The van der Waals surface area contributed by atoms with Crippen LogP contribution in [-0.4, -0.2) is 46.7 Å². The number of carbonyl (C=O) groups excluding carboxylic acids is 2. The number of sulfone groups is 1. The molecule has 0 atom stereocenters. The first-order chi connectivity index (χ1) is 14.1. The quantitative estimate of drug-likeness (QED) is 0.560. The molecule has 2 aromatic rings. The predicted octanol–water partition coefficient (Wildman–Crippen LogP) is 2.54. The predicted molar refractivity (Wildman–Crippen MR) is 117 cm³/mol. The molecule has 0 saturated heterocycles. The van der Waals surface area contributed by atoms with E-state index in [0.717, 1.165) is 6.26 Å². The molecule has 0 spiro atoms. The maximum atomic E-state index is 12.4. The number of methoxy groups -OCH3 is 1. The van der Waals surface area contributed by atoms with Crippen LogP contribution in [0, 0.1) is 5.92 Å². The van der Waals surface area contributed by atoms with Gasteiger partial charge in [-0.15, -0.1) is 0 Å². The van der Waals surface area contributed by atoms with Crippen molar-refractivity contribution in [1.29, 1.82) is 0 Å². The van der Waals surface area contributed by atoms with E-state index in [0.29, 0.717) is 29.5 Å². The van der Waals surface area contributed by atoms with E-state index in [1.54, 1.807) is 30.3 Å². The molecule has 30 heavy (non-hydrogen) atoms. The summed E-state index contributed by atoms with van der Waals surface area (Å²) < 4.78 is 29.2. The molecule has 0 radical (unpaired) electrons. The molecule has 0 saturated carbocycles. The van der Waals surface area contributed by atoms with Crippen LogP contribution >= 0.6 is 0 Å². The summed E-state index contributed by atoms with van der Waals surface area (Å²) in [5.74, 6) is -0.00309. The third kappa shape index (κ3) is 6.48. The second-order valence-electron chi connectivity index (χ2n) is 7.19. The number of benzene rings is 2. The lowest BCUT2D eigenvalue weighted by Gasteiger charge is -2.14. The maximum absolute atomic E-state index is 12.4. The second-order valence-corrected chi connectivity index (χ2v) is 9.17. The molecular weight excluding hydrogens is 406 g/mol. The molecule has 2 amide bonds. The number of hydrogen-bond donors (Lipinski definition) is 3. The molecule has 9 heteroatoms. The van der Waals surface area contributed by atoms with E-state index in [9.17, 15) is 18.0 Å². The fourth-order valence-corrected chi connectivity index (χ4v) is 3.50. The molecule has 8 nitrogen and oxygen atoms in total. The van der Waals surface area contributed by atoms with Crippen molar-refractivity contribution in [3.8, 4) is 5.75 Å². The molecule has 0 aliphatic heterocycles. The van der Waals surface area contributed by atoms with Crippen molar-refractivity contribution in [3.05, 3.63) is 48.0 Å². The van der Waals surface area contributed by atoms with Gasteiger partial charge in [0.05, 0.1) is 35.5 Å². The Morgan fingerprint density at radius 2 is 1.77 bits per heavy atom. The Kier molecular flexibility index (Phi) is 7.82. The summed E-state index contributed by atoms with van der Waals surface area (Å²) in [6.45, 7) is 4.32. The van der Waals surface area contributed by atoms with Crippen LogP contribution in [0.4, 0.5) is 11.4 Å². The smallest absolute Gasteiger partial charge is 0.253 e. The molecule has 3 N–H and O–H groups in total. The van der Waals surface area contributed by atoms with Gasteiger partial charge in [0.2, 0.25) is 5.91 Å². The Balaban J connectivity index is 2.10. The first-order valence-corrected chi connectivity index (χ1v) is 11.3. The van der Waals surface area contributed by atoms with Crippen molar-refractivity contribution in [2.45, 2.75) is 18.7 Å². The summed E-state index contributed by atoms with van der Waals surface area (Å²) in [6.07, 6.45) is 1.08. The van der Waals surface area contributed by atoms with Gasteiger partial charge in [-0.1, -0.05) is 26.0 Å². The lowest BCUT2D eigenvalue weighted by Crippen LogP contribution is -2.29. The van der Waals surface area contributed by atoms with E-state index in [2.05, 4.69) is 16.0 Å². The fourth-order valence-electron chi connectivity index (χ4n) is 2.63. The van der Waals surface area contributed by atoms with E-state index in [-0.39, 0.29) is 23.0 Å². The molecular formula is C21H27N3O5S. The van der Waals surface area contributed by atoms with Crippen LogP contribution in [-0.2, 0) is 14.6 Å². The van der Waals surface area contributed by atoms with Gasteiger partial charge in [0.15, 0.2) is 9.84 Å².